The van der Waals surface area contributed by atoms with Crippen LogP contribution in [-0.4, -0.2) is 20.9 Å². The SMILES string of the molecule is O=C1CCC(c2nc(-c3cccc(C(F)(F)F)c3)no2)N1Cc1c(F)cccc1Cl. The number of amides is 1. The maximum absolute atomic E-state index is 14.2. The first kappa shape index (κ1) is 20.3. The average Bonchev–Trinajstić information content (AvgIpc) is 3.31. The fourth-order valence-electron chi connectivity index (χ4n) is 3.36. The summed E-state index contributed by atoms with van der Waals surface area (Å²) >= 11 is 6.06. The van der Waals surface area contributed by atoms with Gasteiger partial charge < -0.3 is 9.42 Å². The molecule has 0 spiro atoms. The lowest BCUT2D eigenvalue weighted by Crippen LogP contribution is -2.28. The number of halogens is 5. The van der Waals surface area contributed by atoms with E-state index in [-0.39, 0.29) is 46.7 Å². The lowest BCUT2D eigenvalue weighted by atomic mass is 10.1. The minimum atomic E-state index is -4.50. The van der Waals surface area contributed by atoms with Gasteiger partial charge in [0.15, 0.2) is 0 Å². The standard InChI is InChI=1S/C20H14ClF4N3O2/c21-14-5-2-6-15(22)13(14)10-28-16(7-8-17(28)29)19-26-18(27-30-19)11-3-1-4-12(9-11)20(23,24)25/h1-6,9,16H,7-8,10H2. The van der Waals surface area contributed by atoms with Gasteiger partial charge in [0.25, 0.3) is 0 Å². The molecule has 1 fully saturated rings. The predicted molar refractivity (Wildman–Crippen MR) is 98.7 cm³/mol. The molecule has 1 aliphatic rings. The Labute approximate surface area is 173 Å². The van der Waals surface area contributed by atoms with Crippen LogP contribution in [0.15, 0.2) is 47.0 Å². The quantitative estimate of drug-likeness (QED) is 0.510. The highest BCUT2D eigenvalue weighted by molar-refractivity contribution is 6.31. The number of nitrogens with zero attached hydrogens (tertiary/aromatic N) is 3. The average molecular weight is 440 g/mol. The Kier molecular flexibility index (Phi) is 5.23. The number of aromatic nitrogens is 2. The Morgan fingerprint density at radius 2 is 1.97 bits per heavy atom. The Hall–Kier alpha value is -2.94. The number of likely N-dealkylation sites (tertiary alicyclic amines) is 1. The lowest BCUT2D eigenvalue weighted by molar-refractivity contribution is -0.137. The van der Waals surface area contributed by atoms with Crippen LogP contribution in [0.3, 0.4) is 0 Å². The smallest absolute Gasteiger partial charge is 0.337 e. The van der Waals surface area contributed by atoms with E-state index in [1.165, 1.54) is 35.2 Å². The van der Waals surface area contributed by atoms with Gasteiger partial charge in [0.1, 0.15) is 11.9 Å². The molecule has 5 nitrogen and oxygen atoms in total. The van der Waals surface area contributed by atoms with Gasteiger partial charge in [-0.05, 0) is 30.7 Å². The third-order valence-electron chi connectivity index (χ3n) is 4.89. The van der Waals surface area contributed by atoms with Crippen molar-refractivity contribution in [2.24, 2.45) is 0 Å². The Bertz CT molecular complexity index is 1080. The van der Waals surface area contributed by atoms with Gasteiger partial charge in [-0.25, -0.2) is 4.39 Å². The Morgan fingerprint density at radius 1 is 1.20 bits per heavy atom. The zero-order chi connectivity index (χ0) is 21.5. The zero-order valence-corrected chi connectivity index (χ0v) is 16.0. The molecule has 1 aromatic heterocycles. The summed E-state index contributed by atoms with van der Waals surface area (Å²) in [5.41, 5.74) is -0.539. The summed E-state index contributed by atoms with van der Waals surface area (Å²) in [5, 5.41) is 3.95. The van der Waals surface area contributed by atoms with Crippen LogP contribution in [0.1, 0.15) is 35.9 Å². The minimum Gasteiger partial charge on any atom is -0.337 e. The van der Waals surface area contributed by atoms with Crippen molar-refractivity contribution in [3.63, 3.8) is 0 Å². The predicted octanol–water partition coefficient (Wildman–Crippen LogP) is 5.41. The normalized spacial score (nSPS) is 17.0. The van der Waals surface area contributed by atoms with Crippen molar-refractivity contribution >= 4 is 17.5 Å². The zero-order valence-electron chi connectivity index (χ0n) is 15.3. The number of rotatable bonds is 4. The number of hydrogen-bond donors (Lipinski definition) is 0. The second-order valence-corrected chi connectivity index (χ2v) is 7.22. The van der Waals surface area contributed by atoms with Gasteiger partial charge in [0, 0.05) is 22.6 Å². The van der Waals surface area contributed by atoms with Crippen molar-refractivity contribution in [2.75, 3.05) is 0 Å². The fourth-order valence-corrected chi connectivity index (χ4v) is 3.59. The highest BCUT2D eigenvalue weighted by atomic mass is 35.5. The summed E-state index contributed by atoms with van der Waals surface area (Å²) in [6.45, 7) is -0.0870. The fraction of sp³-hybridized carbons (Fsp3) is 0.250. The molecule has 2 heterocycles. The molecule has 10 heteroatoms. The van der Waals surface area contributed by atoms with E-state index in [2.05, 4.69) is 10.1 Å². The van der Waals surface area contributed by atoms with Gasteiger partial charge in [0.2, 0.25) is 17.6 Å². The summed E-state index contributed by atoms with van der Waals surface area (Å²) < 4.78 is 58.3. The molecule has 1 atom stereocenters. The van der Waals surface area contributed by atoms with E-state index in [9.17, 15) is 22.4 Å². The van der Waals surface area contributed by atoms with Gasteiger partial charge >= 0.3 is 6.18 Å². The summed E-state index contributed by atoms with van der Waals surface area (Å²) in [6, 6.07) is 8.15. The molecule has 0 bridgehead atoms. The molecule has 4 rings (SSSR count). The van der Waals surface area contributed by atoms with Gasteiger partial charge in [0.05, 0.1) is 12.1 Å². The van der Waals surface area contributed by atoms with Gasteiger partial charge in [-0.15, -0.1) is 0 Å². The van der Waals surface area contributed by atoms with Gasteiger partial charge in [-0.1, -0.05) is 35.0 Å². The van der Waals surface area contributed by atoms with Crippen molar-refractivity contribution < 1.29 is 26.9 Å². The van der Waals surface area contributed by atoms with Gasteiger partial charge in [-0.3, -0.25) is 4.79 Å². The van der Waals surface area contributed by atoms with Crippen LogP contribution in [0, 0.1) is 5.82 Å². The molecule has 1 saturated heterocycles. The highest BCUT2D eigenvalue weighted by Crippen LogP contribution is 2.36. The third kappa shape index (κ3) is 3.89. The molecule has 3 aromatic rings. The minimum absolute atomic E-state index is 0.0284. The third-order valence-corrected chi connectivity index (χ3v) is 5.25. The van der Waals surface area contributed by atoms with E-state index < -0.39 is 23.6 Å². The Balaban J connectivity index is 1.62. The summed E-state index contributed by atoms with van der Waals surface area (Å²) in [7, 11) is 0. The van der Waals surface area contributed by atoms with Crippen molar-refractivity contribution in [3.05, 3.63) is 70.3 Å². The topological polar surface area (TPSA) is 59.2 Å². The first-order chi connectivity index (χ1) is 14.2. The van der Waals surface area contributed by atoms with Crippen LogP contribution >= 0.6 is 11.6 Å². The molecule has 156 valence electrons. The van der Waals surface area contributed by atoms with Crippen molar-refractivity contribution in [3.8, 4) is 11.4 Å². The first-order valence-corrected chi connectivity index (χ1v) is 9.35. The van der Waals surface area contributed by atoms with Gasteiger partial charge in [-0.2, -0.15) is 18.2 Å². The van der Waals surface area contributed by atoms with E-state index in [0.717, 1.165) is 12.1 Å². The second kappa shape index (κ2) is 7.71. The molecule has 0 radical (unpaired) electrons. The molecule has 30 heavy (non-hydrogen) atoms. The van der Waals surface area contributed by atoms with Crippen LogP contribution in [0.4, 0.5) is 17.6 Å². The maximum Gasteiger partial charge on any atom is 0.416 e. The summed E-state index contributed by atoms with van der Waals surface area (Å²) in [6.07, 6.45) is -3.95. The Morgan fingerprint density at radius 3 is 2.70 bits per heavy atom. The molecule has 0 aliphatic carbocycles. The number of alkyl halides is 3. The molecular weight excluding hydrogens is 426 g/mol. The molecule has 1 aliphatic heterocycles. The monoisotopic (exact) mass is 439 g/mol. The van der Waals surface area contributed by atoms with Crippen LogP contribution in [0.25, 0.3) is 11.4 Å². The van der Waals surface area contributed by atoms with Crippen LogP contribution in [0.2, 0.25) is 5.02 Å². The van der Waals surface area contributed by atoms with Crippen LogP contribution in [0.5, 0.6) is 0 Å². The largest absolute Gasteiger partial charge is 0.416 e. The van der Waals surface area contributed by atoms with E-state index in [4.69, 9.17) is 16.1 Å². The van der Waals surface area contributed by atoms with Crippen molar-refractivity contribution in [1.29, 1.82) is 0 Å². The molecule has 1 amide bonds. The molecule has 2 aromatic carbocycles. The van der Waals surface area contributed by atoms with Crippen molar-refractivity contribution in [2.45, 2.75) is 31.6 Å². The number of hydrogen-bond acceptors (Lipinski definition) is 4. The van der Waals surface area contributed by atoms with Crippen LogP contribution < -0.4 is 0 Å². The lowest BCUT2D eigenvalue weighted by Gasteiger charge is -2.22. The van der Waals surface area contributed by atoms with E-state index >= 15 is 0 Å². The molecular formula is C20H14ClF4N3O2. The maximum atomic E-state index is 14.2. The first-order valence-electron chi connectivity index (χ1n) is 8.97. The number of carbonyl (C=O) groups is 1. The molecule has 0 N–H and O–H groups in total. The number of benzene rings is 2. The van der Waals surface area contributed by atoms with Crippen LogP contribution in [-0.2, 0) is 17.5 Å². The summed E-state index contributed by atoms with van der Waals surface area (Å²) in [5.74, 6) is -0.741. The highest BCUT2D eigenvalue weighted by Gasteiger charge is 2.37. The van der Waals surface area contributed by atoms with E-state index in [1.807, 2.05) is 0 Å². The van der Waals surface area contributed by atoms with E-state index in [1.54, 1.807) is 0 Å². The summed E-state index contributed by atoms with van der Waals surface area (Å²) in [4.78, 5) is 17.9. The molecule has 1 unspecified atom stereocenters. The second-order valence-electron chi connectivity index (χ2n) is 6.81. The number of carbonyl (C=O) groups excluding carboxylic acids is 1. The van der Waals surface area contributed by atoms with Crippen molar-refractivity contribution in [1.82, 2.24) is 15.0 Å². The van der Waals surface area contributed by atoms with E-state index in [0.29, 0.717) is 6.42 Å². The molecule has 0 saturated carbocycles.